The second-order valence-electron chi connectivity index (χ2n) is 20.4. The first-order valence-corrected chi connectivity index (χ1v) is 27.0. The Kier molecular flexibility index (Phi) is 22.4. The summed E-state index contributed by atoms with van der Waals surface area (Å²) in [4.78, 5) is 15.8. The molecule has 0 bridgehead atoms. The Morgan fingerprint density at radius 1 is 0.481 bits per heavy atom. The number of aliphatic hydroxyl groups excluding tert-OH is 1. The SMILES string of the molecule is CC[C@H]1O[C@@H](O[C@@H]2C(OCc3ccccc3)[C@H](N=[N+]=[N-])CC(N=[N+]=[N-])[C@H]2O[C@H]2OC(C(C)O)[C@@H](C)[C@H](C)C2N=[N+]=[N-])C(OCc2ccccc2)[C@H]1O[C@H]1OC(CN=[N+]=[N-])[C@@H](OCc2ccccc2)[C@@H](OCc2ccccc2)C1N=[N+]=[N-]. The molecule has 0 amide bonds. The van der Waals surface area contributed by atoms with Crippen molar-refractivity contribution in [2.24, 2.45) is 37.4 Å². The molecule has 4 aromatic carbocycles. The lowest BCUT2D eigenvalue weighted by molar-refractivity contribution is -0.309. The van der Waals surface area contributed by atoms with E-state index in [2.05, 4.69) is 50.1 Å². The first-order valence-electron chi connectivity index (χ1n) is 27.0. The number of azide groups is 5. The summed E-state index contributed by atoms with van der Waals surface area (Å²) in [7, 11) is 0. The van der Waals surface area contributed by atoms with E-state index in [0.29, 0.717) is 6.42 Å². The van der Waals surface area contributed by atoms with Crippen LogP contribution in [0.2, 0.25) is 0 Å². The van der Waals surface area contributed by atoms with Gasteiger partial charge in [0.25, 0.3) is 0 Å². The average Bonchev–Trinajstić information content (AvgIpc) is 4.10. The summed E-state index contributed by atoms with van der Waals surface area (Å²) in [5.74, 6) is -0.672. The number of nitrogens with zero attached hydrogens (tertiary/aromatic N) is 15. The molecular weight excluding hydrogens is 1050 g/mol. The van der Waals surface area contributed by atoms with Crippen molar-refractivity contribution in [3.8, 4) is 0 Å². The zero-order valence-electron chi connectivity index (χ0n) is 45.3. The number of rotatable bonds is 26. The lowest BCUT2D eigenvalue weighted by Crippen LogP contribution is -2.62. The first-order chi connectivity index (χ1) is 39.6. The molecule has 0 spiro atoms. The number of hydrogen-bond acceptors (Lipinski definition) is 16. The lowest BCUT2D eigenvalue weighted by atomic mass is 9.80. The molecule has 3 saturated heterocycles. The molecule has 26 nitrogen and oxygen atoms in total. The van der Waals surface area contributed by atoms with E-state index in [1.807, 2.05) is 142 Å². The lowest BCUT2D eigenvalue weighted by Gasteiger charge is -2.49. The number of ether oxygens (including phenoxy) is 10. The Morgan fingerprint density at radius 2 is 0.914 bits per heavy atom. The topological polar surface area (TPSA) is 356 Å². The Morgan fingerprint density at radius 3 is 1.41 bits per heavy atom. The third-order valence-electron chi connectivity index (χ3n) is 15.2. The first kappa shape index (κ1) is 60.1. The number of benzene rings is 4. The molecule has 1 N–H and O–H groups in total. The fraction of sp³-hybridized carbons (Fsp3) is 0.564. The highest BCUT2D eigenvalue weighted by Gasteiger charge is 2.57. The molecule has 4 aromatic rings. The Balaban J connectivity index is 1.20. The molecule has 428 valence electrons. The molecule has 3 heterocycles. The van der Waals surface area contributed by atoms with E-state index in [0.717, 1.165) is 22.3 Å². The van der Waals surface area contributed by atoms with Gasteiger partial charge in [0.05, 0.1) is 87.7 Å². The normalized spacial score (nSPS) is 33.0. The molecule has 0 aromatic heterocycles. The summed E-state index contributed by atoms with van der Waals surface area (Å²) < 4.78 is 68.1. The number of aliphatic hydroxyl groups is 1. The smallest absolute Gasteiger partial charge is 0.187 e. The zero-order valence-corrected chi connectivity index (χ0v) is 45.3. The van der Waals surface area contributed by atoms with E-state index in [9.17, 15) is 32.8 Å². The van der Waals surface area contributed by atoms with Gasteiger partial charge in [-0.05, 0) is 81.5 Å². The molecule has 81 heavy (non-hydrogen) atoms. The van der Waals surface area contributed by atoms with Gasteiger partial charge in [-0.2, -0.15) is 0 Å². The van der Waals surface area contributed by atoms with Crippen LogP contribution in [-0.2, 0) is 73.8 Å². The molecule has 1 aliphatic carbocycles. The maximum atomic E-state index is 11.0. The van der Waals surface area contributed by atoms with Crippen molar-refractivity contribution in [3.05, 3.63) is 196 Å². The standard InChI is InChI=1S/C55H67N15O11/c1-5-41-49(80-54-44(65-70-60)50(74-30-37-22-14-8-15-23-37)48(42(77-54)27-61-66-56)73-29-36-20-12-7-13-21-36)52(75-31-38-24-16-9-17-25-38)55(76-41)81-51-46(72-28-35-18-10-6-11-19-35)39(62-67-57)26-40(63-68-58)47(51)79-53-43(64-69-59)32(2)33(3)45(78-53)34(4)71/h6-25,32-34,39-55,71H,5,26-31H2,1-4H3/t32-,33-,34?,39+,40?,41+,42?,43?,44?,45?,46?,47+,48+,49-,50-,51+,52?,53+,54+,55-/m0/s1. The van der Waals surface area contributed by atoms with Crippen molar-refractivity contribution in [2.45, 2.75) is 177 Å². The quantitative estimate of drug-likeness (QED) is 0.0350. The Labute approximate surface area is 467 Å². The highest BCUT2D eigenvalue weighted by Crippen LogP contribution is 2.42. The molecule has 0 radical (unpaired) electrons. The van der Waals surface area contributed by atoms with Gasteiger partial charge < -0.3 is 52.5 Å². The molecule has 4 aliphatic rings. The van der Waals surface area contributed by atoms with E-state index in [4.69, 9.17) is 47.4 Å². The van der Waals surface area contributed by atoms with Crippen LogP contribution in [0.5, 0.6) is 0 Å². The van der Waals surface area contributed by atoms with Gasteiger partial charge in [0.2, 0.25) is 0 Å². The van der Waals surface area contributed by atoms with Crippen LogP contribution in [0.25, 0.3) is 52.2 Å². The van der Waals surface area contributed by atoms with Gasteiger partial charge >= 0.3 is 0 Å². The zero-order chi connectivity index (χ0) is 57.1. The molecule has 20 atom stereocenters. The molecule has 8 rings (SSSR count). The minimum Gasteiger partial charge on any atom is -0.391 e. The summed E-state index contributed by atoms with van der Waals surface area (Å²) in [6.07, 6.45) is -15.5. The van der Waals surface area contributed by atoms with Crippen LogP contribution in [0.15, 0.2) is 147 Å². The van der Waals surface area contributed by atoms with Crippen LogP contribution in [0.1, 0.15) is 62.8 Å². The largest absolute Gasteiger partial charge is 0.391 e. The molecule has 8 unspecified atom stereocenters. The summed E-state index contributed by atoms with van der Waals surface area (Å²) in [5, 5.41) is 31.6. The van der Waals surface area contributed by atoms with Crippen molar-refractivity contribution in [1.82, 2.24) is 0 Å². The second kappa shape index (κ2) is 30.2. The van der Waals surface area contributed by atoms with Gasteiger partial charge in [-0.1, -0.05) is 168 Å². The monoisotopic (exact) mass is 1110 g/mol. The van der Waals surface area contributed by atoms with Crippen LogP contribution in [0.4, 0.5) is 0 Å². The highest BCUT2D eigenvalue weighted by atomic mass is 16.8. The van der Waals surface area contributed by atoms with Crippen molar-refractivity contribution in [3.63, 3.8) is 0 Å². The van der Waals surface area contributed by atoms with Crippen LogP contribution >= 0.6 is 0 Å². The van der Waals surface area contributed by atoms with Crippen LogP contribution in [0, 0.1) is 11.8 Å². The van der Waals surface area contributed by atoms with E-state index in [1.165, 1.54) is 0 Å². The summed E-state index contributed by atoms with van der Waals surface area (Å²) in [6, 6.07) is 33.1. The Hall–Kier alpha value is -7.01. The van der Waals surface area contributed by atoms with Crippen molar-refractivity contribution < 1.29 is 52.5 Å². The molecule has 4 fully saturated rings. The molecule has 3 aliphatic heterocycles. The molecule has 1 saturated carbocycles. The highest BCUT2D eigenvalue weighted by molar-refractivity contribution is 5.17. The summed E-state index contributed by atoms with van der Waals surface area (Å²) >= 11 is 0. The van der Waals surface area contributed by atoms with Gasteiger partial charge in [-0.25, -0.2) is 0 Å². The van der Waals surface area contributed by atoms with E-state index < -0.39 is 110 Å². The van der Waals surface area contributed by atoms with E-state index in [-0.39, 0.29) is 51.2 Å². The third kappa shape index (κ3) is 15.3. The third-order valence-corrected chi connectivity index (χ3v) is 15.2. The predicted molar refractivity (Wildman–Crippen MR) is 291 cm³/mol. The molecular formula is C55H67N15O11. The van der Waals surface area contributed by atoms with Gasteiger partial charge in [-0.3, -0.25) is 0 Å². The van der Waals surface area contributed by atoms with Gasteiger partial charge in [0, 0.05) is 24.6 Å². The van der Waals surface area contributed by atoms with Gasteiger partial charge in [0.15, 0.2) is 18.9 Å². The van der Waals surface area contributed by atoms with Crippen LogP contribution in [0.3, 0.4) is 0 Å². The second-order valence-corrected chi connectivity index (χ2v) is 20.4. The minimum absolute atomic E-state index is 0.00479. The van der Waals surface area contributed by atoms with Crippen molar-refractivity contribution in [1.29, 1.82) is 0 Å². The maximum absolute atomic E-state index is 11.0. The fourth-order valence-corrected chi connectivity index (χ4v) is 11.0. The van der Waals surface area contributed by atoms with Gasteiger partial charge in [0.1, 0.15) is 36.6 Å². The predicted octanol–water partition coefficient (Wildman–Crippen LogP) is 11.2. The summed E-state index contributed by atoms with van der Waals surface area (Å²) in [6.45, 7) is 7.16. The van der Waals surface area contributed by atoms with Crippen molar-refractivity contribution in [2.75, 3.05) is 6.54 Å². The van der Waals surface area contributed by atoms with E-state index >= 15 is 0 Å². The van der Waals surface area contributed by atoms with Crippen LogP contribution < -0.4 is 0 Å². The molecule has 26 heteroatoms. The number of hydrogen-bond donors (Lipinski definition) is 1. The van der Waals surface area contributed by atoms with Crippen molar-refractivity contribution >= 4 is 0 Å². The minimum atomic E-state index is -1.41. The van der Waals surface area contributed by atoms with Crippen LogP contribution in [-0.4, -0.2) is 122 Å². The maximum Gasteiger partial charge on any atom is 0.187 e. The fourth-order valence-electron chi connectivity index (χ4n) is 11.0. The average molecular weight is 1110 g/mol. The summed E-state index contributed by atoms with van der Waals surface area (Å²) in [5.41, 5.74) is 53.2. The van der Waals surface area contributed by atoms with Gasteiger partial charge in [-0.15, -0.1) is 0 Å². The Bertz CT molecular complexity index is 2850. The van der Waals surface area contributed by atoms with E-state index in [1.54, 1.807) is 6.92 Å².